The zero-order valence-corrected chi connectivity index (χ0v) is 21.7. The molecule has 1 fully saturated rings. The second-order valence-corrected chi connectivity index (χ2v) is 11.5. The molecule has 5 rings (SSSR count). The Morgan fingerprint density at radius 1 is 0.825 bits per heavy atom. The Bertz CT molecular complexity index is 1600. The number of fused-ring (bicyclic) bond motifs is 1. The highest BCUT2D eigenvalue weighted by molar-refractivity contribution is 7.89. The summed E-state index contributed by atoms with van der Waals surface area (Å²) in [5.41, 5.74) is 1.86. The lowest BCUT2D eigenvalue weighted by Crippen LogP contribution is -2.38. The summed E-state index contributed by atoms with van der Waals surface area (Å²) in [5.74, 6) is -0.796. The van der Waals surface area contributed by atoms with Gasteiger partial charge in [-0.1, -0.05) is 42.5 Å². The molecule has 5 nitrogen and oxygen atoms in total. The second-order valence-electron chi connectivity index (χ2n) is 9.60. The summed E-state index contributed by atoms with van der Waals surface area (Å²) in [5, 5.41) is 0.958. The third-order valence-corrected chi connectivity index (χ3v) is 8.98. The minimum Gasteiger partial charge on any atom is -0.404 e. The summed E-state index contributed by atoms with van der Waals surface area (Å²) in [4.78, 5) is -0.543. The van der Waals surface area contributed by atoms with Crippen LogP contribution in [0.25, 0.3) is 10.9 Å². The zero-order valence-electron chi connectivity index (χ0n) is 20.9. The van der Waals surface area contributed by atoms with Gasteiger partial charge in [-0.15, -0.1) is 13.2 Å². The van der Waals surface area contributed by atoms with Crippen molar-refractivity contribution in [2.45, 2.75) is 42.7 Å². The van der Waals surface area contributed by atoms with Crippen molar-refractivity contribution in [3.05, 3.63) is 95.7 Å². The van der Waals surface area contributed by atoms with Crippen molar-refractivity contribution in [2.24, 2.45) is 0 Å². The topological polar surface area (TPSA) is 51.5 Å². The minimum absolute atomic E-state index is 0.0214. The quantitative estimate of drug-likeness (QED) is 0.227. The average molecular weight is 583 g/mol. The van der Waals surface area contributed by atoms with Crippen molar-refractivity contribution >= 4 is 20.9 Å². The first-order chi connectivity index (χ1) is 18.8. The van der Waals surface area contributed by atoms with Crippen LogP contribution in [0, 0.1) is 0 Å². The van der Waals surface area contributed by atoms with Crippen LogP contribution < -0.4 is 4.74 Å². The molecule has 2 heterocycles. The summed E-state index contributed by atoms with van der Waals surface area (Å²) in [6, 6.07) is 17.3. The molecule has 40 heavy (non-hydrogen) atoms. The SMILES string of the molecule is O=S(=O)(c1ccccc1OC(F)(F)F)N1CCC(c2cn(Cc3ccc(C(F)(F)F)cc3)c3ccccc23)CC1. The molecule has 0 amide bonds. The predicted octanol–water partition coefficient (Wildman–Crippen LogP) is 7.18. The van der Waals surface area contributed by atoms with Gasteiger partial charge in [0.1, 0.15) is 10.6 Å². The van der Waals surface area contributed by atoms with Crippen molar-refractivity contribution in [2.75, 3.05) is 13.1 Å². The lowest BCUT2D eigenvalue weighted by atomic mass is 9.90. The van der Waals surface area contributed by atoms with Gasteiger partial charge in [0.2, 0.25) is 10.0 Å². The molecule has 0 atom stereocenters. The molecule has 1 aromatic heterocycles. The van der Waals surface area contributed by atoms with Gasteiger partial charge in [0.25, 0.3) is 0 Å². The number of aromatic nitrogens is 1. The second kappa shape index (κ2) is 10.5. The highest BCUT2D eigenvalue weighted by atomic mass is 32.2. The van der Waals surface area contributed by atoms with Gasteiger partial charge in [0.15, 0.2) is 0 Å². The number of hydrogen-bond donors (Lipinski definition) is 0. The number of sulfonamides is 1. The molecule has 0 radical (unpaired) electrons. The van der Waals surface area contributed by atoms with Gasteiger partial charge in [-0.3, -0.25) is 0 Å². The van der Waals surface area contributed by atoms with E-state index in [-0.39, 0.29) is 19.0 Å². The van der Waals surface area contributed by atoms with E-state index in [1.54, 1.807) is 0 Å². The number of para-hydroxylation sites is 2. The van der Waals surface area contributed by atoms with Crippen LogP contribution in [0.2, 0.25) is 0 Å². The fourth-order valence-corrected chi connectivity index (χ4v) is 6.73. The van der Waals surface area contributed by atoms with E-state index >= 15 is 0 Å². The summed E-state index contributed by atoms with van der Waals surface area (Å²) in [6.07, 6.45) is -6.62. The highest BCUT2D eigenvalue weighted by Gasteiger charge is 2.37. The lowest BCUT2D eigenvalue weighted by Gasteiger charge is -2.31. The van der Waals surface area contributed by atoms with E-state index in [4.69, 9.17) is 0 Å². The fraction of sp³-hybridized carbons (Fsp3) is 0.286. The zero-order chi connectivity index (χ0) is 28.7. The molecule has 0 spiro atoms. The smallest absolute Gasteiger partial charge is 0.404 e. The van der Waals surface area contributed by atoms with Gasteiger partial charge < -0.3 is 9.30 Å². The summed E-state index contributed by atoms with van der Waals surface area (Å²) < 4.78 is 111. The Morgan fingerprint density at radius 2 is 1.45 bits per heavy atom. The molecular formula is C28H24F6N2O3S. The summed E-state index contributed by atoms with van der Waals surface area (Å²) in [7, 11) is -4.24. The van der Waals surface area contributed by atoms with Gasteiger partial charge in [-0.25, -0.2) is 8.42 Å². The van der Waals surface area contributed by atoms with Crippen LogP contribution in [0.15, 0.2) is 83.9 Å². The fourth-order valence-electron chi connectivity index (χ4n) is 5.15. The van der Waals surface area contributed by atoms with E-state index in [1.165, 1.54) is 28.6 Å². The number of rotatable bonds is 6. The molecule has 0 saturated carbocycles. The molecule has 1 aliphatic rings. The third kappa shape index (κ3) is 5.83. The maximum absolute atomic E-state index is 13.2. The number of benzene rings is 3. The molecule has 0 aliphatic carbocycles. The number of halogens is 6. The normalized spacial score (nSPS) is 15.9. The van der Waals surface area contributed by atoms with Crippen LogP contribution in [-0.4, -0.2) is 36.7 Å². The average Bonchev–Trinajstić information content (AvgIpc) is 3.26. The Balaban J connectivity index is 1.35. The molecule has 12 heteroatoms. The van der Waals surface area contributed by atoms with Gasteiger partial charge in [0, 0.05) is 36.7 Å². The van der Waals surface area contributed by atoms with E-state index in [2.05, 4.69) is 4.74 Å². The van der Waals surface area contributed by atoms with Gasteiger partial charge in [0.05, 0.1) is 5.56 Å². The van der Waals surface area contributed by atoms with Crippen LogP contribution in [0.1, 0.15) is 35.4 Å². The van der Waals surface area contributed by atoms with Crippen LogP contribution in [0.5, 0.6) is 5.75 Å². The first-order valence-electron chi connectivity index (χ1n) is 12.4. The number of piperidine rings is 1. The predicted molar refractivity (Wildman–Crippen MR) is 136 cm³/mol. The first-order valence-corrected chi connectivity index (χ1v) is 13.9. The van der Waals surface area contributed by atoms with Crippen LogP contribution in [0.3, 0.4) is 0 Å². The Hall–Kier alpha value is -3.51. The summed E-state index contributed by atoms with van der Waals surface area (Å²) >= 11 is 0. The monoisotopic (exact) mass is 582 g/mol. The number of alkyl halides is 6. The standard InChI is InChI=1S/C28H24F6N2O3S/c29-27(30,31)21-11-9-19(10-12-21)17-35-18-23(22-5-1-2-6-24(22)35)20-13-15-36(16-14-20)40(37,38)26-8-4-3-7-25(26)39-28(32,33)34/h1-12,18,20H,13-17H2. The Kier molecular flexibility index (Phi) is 7.34. The van der Waals surface area contributed by atoms with Crippen molar-refractivity contribution < 1.29 is 39.5 Å². The number of ether oxygens (including phenoxy) is 1. The van der Waals surface area contributed by atoms with Crippen LogP contribution in [0.4, 0.5) is 26.3 Å². The Morgan fingerprint density at radius 3 is 2.10 bits per heavy atom. The van der Waals surface area contributed by atoms with Crippen molar-refractivity contribution in [1.29, 1.82) is 0 Å². The molecule has 0 N–H and O–H groups in total. The molecular weight excluding hydrogens is 558 g/mol. The van der Waals surface area contributed by atoms with Crippen molar-refractivity contribution in [3.63, 3.8) is 0 Å². The molecule has 1 saturated heterocycles. The van der Waals surface area contributed by atoms with Crippen LogP contribution >= 0.6 is 0 Å². The largest absolute Gasteiger partial charge is 0.573 e. The minimum atomic E-state index is -5.03. The van der Waals surface area contributed by atoms with E-state index < -0.39 is 38.8 Å². The maximum Gasteiger partial charge on any atom is 0.573 e. The van der Waals surface area contributed by atoms with E-state index in [0.29, 0.717) is 24.9 Å². The molecule has 3 aromatic carbocycles. The molecule has 4 aromatic rings. The van der Waals surface area contributed by atoms with Crippen molar-refractivity contribution in [1.82, 2.24) is 8.87 Å². The first kappa shape index (κ1) is 28.0. The molecule has 212 valence electrons. The van der Waals surface area contributed by atoms with Gasteiger partial charge in [-0.05, 0) is 60.2 Å². The van der Waals surface area contributed by atoms with E-state index in [1.807, 2.05) is 35.0 Å². The van der Waals surface area contributed by atoms with E-state index in [0.717, 1.165) is 40.7 Å². The third-order valence-electron chi connectivity index (χ3n) is 7.04. The number of hydrogen-bond acceptors (Lipinski definition) is 3. The molecule has 0 unspecified atom stereocenters. The Labute approximate surface area is 226 Å². The molecule has 0 bridgehead atoms. The van der Waals surface area contributed by atoms with E-state index in [9.17, 15) is 34.8 Å². The van der Waals surface area contributed by atoms with Crippen molar-refractivity contribution in [3.8, 4) is 5.75 Å². The lowest BCUT2D eigenvalue weighted by molar-refractivity contribution is -0.275. The maximum atomic E-state index is 13.2. The highest BCUT2D eigenvalue weighted by Crippen LogP contribution is 2.38. The van der Waals surface area contributed by atoms with Crippen LogP contribution in [-0.2, 0) is 22.7 Å². The summed E-state index contributed by atoms with van der Waals surface area (Å²) in [6.45, 7) is 0.555. The number of nitrogens with zero attached hydrogens (tertiary/aromatic N) is 2. The van der Waals surface area contributed by atoms with Gasteiger partial charge in [-0.2, -0.15) is 17.5 Å². The van der Waals surface area contributed by atoms with Gasteiger partial charge >= 0.3 is 12.5 Å². The molecule has 1 aliphatic heterocycles.